The molecule has 0 aliphatic rings. The van der Waals surface area contributed by atoms with Crippen LogP contribution in [-0.2, 0) is 6.42 Å². The summed E-state index contributed by atoms with van der Waals surface area (Å²) in [4.78, 5) is 16.0. The lowest BCUT2D eigenvalue weighted by Crippen LogP contribution is -2.13. The van der Waals surface area contributed by atoms with Crippen LogP contribution in [0.1, 0.15) is 36.2 Å². The zero-order valence-corrected chi connectivity index (χ0v) is 37.5. The third-order valence-electron chi connectivity index (χ3n) is 13.5. The highest BCUT2D eigenvalue weighted by atomic mass is 15.0. The van der Waals surface area contributed by atoms with E-state index in [9.17, 15) is 0 Å². The molecule has 12 aromatic rings. The summed E-state index contributed by atoms with van der Waals surface area (Å²) in [7, 11) is 0. The number of para-hydroxylation sites is 4. The zero-order valence-electron chi connectivity index (χ0n) is 37.5. The highest BCUT2D eigenvalue weighted by molar-refractivity contribution is 6.15. The number of fused-ring (bicyclic) bond motifs is 6. The van der Waals surface area contributed by atoms with Crippen molar-refractivity contribution in [3.8, 4) is 56.4 Å². The number of rotatable bonds is 10. The summed E-state index contributed by atoms with van der Waals surface area (Å²) in [6, 6.07) is 78.3. The molecule has 0 fully saturated rings. The average molecular weight is 862 g/mol. The van der Waals surface area contributed by atoms with Crippen molar-refractivity contribution in [2.24, 2.45) is 0 Å². The van der Waals surface area contributed by atoms with Gasteiger partial charge >= 0.3 is 0 Å². The van der Waals surface area contributed by atoms with Gasteiger partial charge in [-0.2, -0.15) is 0 Å². The van der Waals surface area contributed by atoms with E-state index in [1.54, 1.807) is 0 Å². The number of hydrogen-bond donors (Lipinski definition) is 0. The Hall–Kier alpha value is -8.41. The molecule has 0 aliphatic carbocycles. The topological polar surface area (TPSA) is 48.5 Å². The minimum absolute atomic E-state index is 0.0218. The first-order valence-electron chi connectivity index (χ1n) is 23.3. The van der Waals surface area contributed by atoms with Gasteiger partial charge in [0.05, 0.1) is 27.8 Å². The van der Waals surface area contributed by atoms with E-state index in [4.69, 9.17) is 15.0 Å². The van der Waals surface area contributed by atoms with Gasteiger partial charge in [0, 0.05) is 50.3 Å². The molecule has 9 aromatic carbocycles. The van der Waals surface area contributed by atoms with Crippen LogP contribution in [0.2, 0.25) is 0 Å². The van der Waals surface area contributed by atoms with Crippen molar-refractivity contribution < 1.29 is 0 Å². The largest absolute Gasteiger partial charge is 0.309 e. The predicted octanol–water partition coefficient (Wildman–Crippen LogP) is 15.8. The minimum Gasteiger partial charge on any atom is -0.309 e. The molecule has 0 bridgehead atoms. The molecule has 320 valence electrons. The van der Waals surface area contributed by atoms with E-state index < -0.39 is 0 Å². The highest BCUT2D eigenvalue weighted by Crippen LogP contribution is 2.48. The summed E-state index contributed by atoms with van der Waals surface area (Å²) in [5.74, 6) is 2.07. The van der Waals surface area contributed by atoms with E-state index in [1.165, 1.54) is 65.9 Å². The first kappa shape index (κ1) is 40.1. The van der Waals surface area contributed by atoms with Crippen molar-refractivity contribution in [3.63, 3.8) is 0 Å². The molecule has 0 saturated heterocycles. The molecule has 1 atom stereocenters. The van der Waals surface area contributed by atoms with Crippen LogP contribution in [0.15, 0.2) is 218 Å². The fourth-order valence-electron chi connectivity index (χ4n) is 10.4. The Kier molecular flexibility index (Phi) is 10.1. The number of aryl methyl sites for hydroxylation is 1. The van der Waals surface area contributed by atoms with Crippen LogP contribution >= 0.6 is 0 Å². The molecule has 0 saturated carbocycles. The molecule has 0 radical (unpaired) electrons. The SMILES string of the molecule is CCC(Cc1nc(-c2ccccc2)nc(-c2cccc(-c3ccccc3)c2)n1)c1c(-c2ccccc2C)c(-n2c3ccccc3c3ccccc32)cc2c3ccccc3n(-c3ccccc3)c12. The third-order valence-corrected chi connectivity index (χ3v) is 13.5. The van der Waals surface area contributed by atoms with Crippen molar-refractivity contribution in [1.29, 1.82) is 0 Å². The molecule has 0 amide bonds. The van der Waals surface area contributed by atoms with E-state index in [2.05, 4.69) is 235 Å². The Morgan fingerprint density at radius 1 is 0.433 bits per heavy atom. The minimum atomic E-state index is -0.0218. The van der Waals surface area contributed by atoms with Gasteiger partial charge in [-0.3, -0.25) is 0 Å². The number of benzene rings is 9. The van der Waals surface area contributed by atoms with Gasteiger partial charge < -0.3 is 9.13 Å². The van der Waals surface area contributed by atoms with Crippen LogP contribution in [0.5, 0.6) is 0 Å². The fourth-order valence-corrected chi connectivity index (χ4v) is 10.4. The molecule has 0 aliphatic heterocycles. The van der Waals surface area contributed by atoms with Gasteiger partial charge in [0.25, 0.3) is 0 Å². The second-order valence-corrected chi connectivity index (χ2v) is 17.5. The smallest absolute Gasteiger partial charge is 0.163 e. The van der Waals surface area contributed by atoms with Gasteiger partial charge in [-0.05, 0) is 89.5 Å². The molecule has 1 unspecified atom stereocenters. The summed E-state index contributed by atoms with van der Waals surface area (Å²) >= 11 is 0. The van der Waals surface area contributed by atoms with Crippen LogP contribution < -0.4 is 0 Å². The Balaban J connectivity index is 1.18. The molecule has 5 heteroatoms. The lowest BCUT2D eigenvalue weighted by atomic mass is 9.82. The van der Waals surface area contributed by atoms with Gasteiger partial charge in [0.15, 0.2) is 11.6 Å². The van der Waals surface area contributed by atoms with Gasteiger partial charge in [-0.15, -0.1) is 0 Å². The van der Waals surface area contributed by atoms with Gasteiger partial charge in [-0.25, -0.2) is 15.0 Å². The highest BCUT2D eigenvalue weighted by Gasteiger charge is 2.30. The van der Waals surface area contributed by atoms with E-state index in [1.807, 2.05) is 6.07 Å². The molecule has 0 spiro atoms. The van der Waals surface area contributed by atoms with Crippen molar-refractivity contribution in [3.05, 3.63) is 235 Å². The quantitative estimate of drug-likeness (QED) is 0.138. The third kappa shape index (κ3) is 6.99. The molecule has 3 aromatic heterocycles. The van der Waals surface area contributed by atoms with Gasteiger partial charge in [0.1, 0.15) is 5.82 Å². The van der Waals surface area contributed by atoms with Crippen molar-refractivity contribution in [2.75, 3.05) is 0 Å². The van der Waals surface area contributed by atoms with Crippen LogP contribution in [-0.4, -0.2) is 24.1 Å². The normalized spacial score (nSPS) is 12.1. The maximum atomic E-state index is 5.42. The number of hydrogen-bond acceptors (Lipinski definition) is 3. The Bertz CT molecular complexity index is 3720. The summed E-state index contributed by atoms with van der Waals surface area (Å²) < 4.78 is 5.02. The Morgan fingerprint density at radius 2 is 0.940 bits per heavy atom. The van der Waals surface area contributed by atoms with Crippen molar-refractivity contribution in [1.82, 2.24) is 24.1 Å². The zero-order chi connectivity index (χ0) is 44.8. The molecule has 5 nitrogen and oxygen atoms in total. The van der Waals surface area contributed by atoms with E-state index in [0.29, 0.717) is 18.1 Å². The Morgan fingerprint density at radius 3 is 1.58 bits per heavy atom. The summed E-state index contributed by atoms with van der Waals surface area (Å²) in [6.45, 7) is 4.57. The maximum absolute atomic E-state index is 5.42. The van der Waals surface area contributed by atoms with Crippen molar-refractivity contribution in [2.45, 2.75) is 32.6 Å². The number of nitrogens with zero attached hydrogens (tertiary/aromatic N) is 5. The number of aromatic nitrogens is 5. The first-order chi connectivity index (χ1) is 33.1. The molecule has 12 rings (SSSR count). The van der Waals surface area contributed by atoms with E-state index in [-0.39, 0.29) is 5.92 Å². The summed E-state index contributed by atoms with van der Waals surface area (Å²) in [5, 5.41) is 4.89. The molecular weight excluding hydrogens is 815 g/mol. The van der Waals surface area contributed by atoms with E-state index >= 15 is 0 Å². The van der Waals surface area contributed by atoms with Crippen LogP contribution in [0.3, 0.4) is 0 Å². The standard InChI is InChI=1S/C62H47N5/c1-3-42(39-57-63-61(44-25-9-5-10-26-44)65-62(64-57)46-28-21-27-45(38-46)43-23-7-4-8-24-43)58-59(48-31-14-13-22-41(48)2)56(67-54-36-19-15-32-49(54)50-33-16-20-37-55(50)67)40-52-51-34-17-18-35-53(51)66(60(52)58)47-29-11-6-12-30-47/h4-38,40,42H,3,39H2,1-2H3. The maximum Gasteiger partial charge on any atom is 0.163 e. The average Bonchev–Trinajstić information content (AvgIpc) is 3.91. The summed E-state index contributed by atoms with van der Waals surface area (Å²) in [6.07, 6.45) is 1.43. The molecule has 0 N–H and O–H groups in total. The lowest BCUT2D eigenvalue weighted by molar-refractivity contribution is 0.638. The summed E-state index contributed by atoms with van der Waals surface area (Å²) in [5.41, 5.74) is 16.1. The second kappa shape index (κ2) is 16.9. The molecular formula is C62H47N5. The lowest BCUT2D eigenvalue weighted by Gasteiger charge is -2.26. The predicted molar refractivity (Wildman–Crippen MR) is 278 cm³/mol. The first-order valence-corrected chi connectivity index (χ1v) is 23.3. The van der Waals surface area contributed by atoms with Gasteiger partial charge in [-0.1, -0.05) is 183 Å². The molecule has 67 heavy (non-hydrogen) atoms. The van der Waals surface area contributed by atoms with Crippen LogP contribution in [0, 0.1) is 6.92 Å². The second-order valence-electron chi connectivity index (χ2n) is 17.5. The molecule has 3 heterocycles. The van der Waals surface area contributed by atoms with Crippen LogP contribution in [0.25, 0.3) is 100 Å². The monoisotopic (exact) mass is 861 g/mol. The van der Waals surface area contributed by atoms with Crippen LogP contribution in [0.4, 0.5) is 0 Å². The Labute approximate surface area is 390 Å². The van der Waals surface area contributed by atoms with Gasteiger partial charge in [0.2, 0.25) is 0 Å². The van der Waals surface area contributed by atoms with E-state index in [0.717, 1.165) is 45.9 Å². The van der Waals surface area contributed by atoms with Crippen molar-refractivity contribution >= 4 is 43.6 Å². The fraction of sp³-hybridized carbons (Fsp3) is 0.0806.